The maximum Gasteiger partial charge on any atom is 0.243 e. The maximum absolute atomic E-state index is 13.3. The van der Waals surface area contributed by atoms with E-state index in [1.165, 1.54) is 21.6 Å². The van der Waals surface area contributed by atoms with E-state index < -0.39 is 10.0 Å². The number of hydrogen-bond acceptors (Lipinski definition) is 6. The molecule has 10 heteroatoms. The van der Waals surface area contributed by atoms with Crippen molar-refractivity contribution in [3.8, 4) is 17.1 Å². The Bertz CT molecular complexity index is 1730. The van der Waals surface area contributed by atoms with Crippen LogP contribution in [0, 0.1) is 20.8 Å². The number of carbonyl (C=O) groups excluding carboxylic acids is 1. The third-order valence-electron chi connectivity index (χ3n) is 7.86. The van der Waals surface area contributed by atoms with Gasteiger partial charge in [-0.15, -0.1) is 10.2 Å². The van der Waals surface area contributed by atoms with Crippen LogP contribution in [-0.4, -0.2) is 70.2 Å². The average molecular weight is 618 g/mol. The van der Waals surface area contributed by atoms with Crippen molar-refractivity contribution in [1.29, 1.82) is 0 Å². The summed E-state index contributed by atoms with van der Waals surface area (Å²) in [4.78, 5) is 15.4. The second kappa shape index (κ2) is 12.3. The summed E-state index contributed by atoms with van der Waals surface area (Å²) in [5, 5.41) is 9.70. The van der Waals surface area contributed by atoms with Gasteiger partial charge in [0.1, 0.15) is 0 Å². The van der Waals surface area contributed by atoms with E-state index >= 15 is 0 Å². The van der Waals surface area contributed by atoms with Crippen molar-refractivity contribution in [2.24, 2.45) is 0 Å². The number of rotatable bonds is 7. The van der Waals surface area contributed by atoms with E-state index in [1.807, 2.05) is 61.7 Å². The van der Waals surface area contributed by atoms with Gasteiger partial charge in [-0.3, -0.25) is 9.36 Å². The van der Waals surface area contributed by atoms with Crippen molar-refractivity contribution in [3.05, 3.63) is 89.0 Å². The number of piperazine rings is 1. The van der Waals surface area contributed by atoms with Crippen LogP contribution < -0.4 is 0 Å². The largest absolute Gasteiger partial charge is 0.339 e. The summed E-state index contributed by atoms with van der Waals surface area (Å²) in [5.74, 6) is 0.843. The van der Waals surface area contributed by atoms with Gasteiger partial charge in [-0.05, 0) is 55.0 Å². The number of benzene rings is 3. The average Bonchev–Trinajstić information content (AvgIpc) is 3.39. The normalized spacial score (nSPS) is 14.7. The SMILES string of the molecule is Cc1ccc(S(=O)(=O)N2CCN(C(=O)CSc3nnc(-c4ccc(C(C)(C)C)cc4)n3-c3ccccc3C)CC2)c(C)c1. The number of sulfonamides is 1. The molecule has 5 rings (SSSR count). The number of carbonyl (C=O) groups is 1. The molecule has 1 fully saturated rings. The Kier molecular flexibility index (Phi) is 8.83. The summed E-state index contributed by atoms with van der Waals surface area (Å²) in [7, 11) is -3.62. The fourth-order valence-corrected chi connectivity index (χ4v) is 7.80. The highest BCUT2D eigenvalue weighted by Crippen LogP contribution is 2.31. The smallest absolute Gasteiger partial charge is 0.243 e. The molecule has 1 aromatic heterocycles. The molecule has 0 N–H and O–H groups in total. The highest BCUT2D eigenvalue weighted by Gasteiger charge is 2.31. The summed E-state index contributed by atoms with van der Waals surface area (Å²) >= 11 is 1.35. The third kappa shape index (κ3) is 6.56. The van der Waals surface area contributed by atoms with Gasteiger partial charge < -0.3 is 4.90 Å². The lowest BCUT2D eigenvalue weighted by atomic mass is 9.87. The molecule has 8 nitrogen and oxygen atoms in total. The second-order valence-electron chi connectivity index (χ2n) is 12.1. The quantitative estimate of drug-likeness (QED) is 0.244. The third-order valence-corrected chi connectivity index (χ3v) is 10.8. The van der Waals surface area contributed by atoms with Gasteiger partial charge in [-0.2, -0.15) is 4.31 Å². The first-order valence-corrected chi connectivity index (χ1v) is 16.9. The van der Waals surface area contributed by atoms with Crippen molar-refractivity contribution < 1.29 is 13.2 Å². The topological polar surface area (TPSA) is 88.4 Å². The molecule has 0 aliphatic carbocycles. The van der Waals surface area contributed by atoms with Crippen LogP contribution in [0.5, 0.6) is 0 Å². The molecule has 0 spiro atoms. The molecule has 1 aliphatic rings. The van der Waals surface area contributed by atoms with E-state index in [4.69, 9.17) is 0 Å². The molecule has 1 saturated heterocycles. The van der Waals surface area contributed by atoms with E-state index in [0.29, 0.717) is 23.1 Å². The number of para-hydroxylation sites is 1. The van der Waals surface area contributed by atoms with Gasteiger partial charge in [-0.1, -0.05) is 92.7 Å². The zero-order chi connectivity index (χ0) is 30.9. The molecule has 1 amide bonds. The Morgan fingerprint density at radius 3 is 2.16 bits per heavy atom. The number of thioether (sulfide) groups is 1. The summed E-state index contributed by atoms with van der Waals surface area (Å²) in [6, 6.07) is 21.8. The lowest BCUT2D eigenvalue weighted by Gasteiger charge is -2.34. The molecular formula is C33H39N5O3S2. The predicted molar refractivity (Wildman–Crippen MR) is 172 cm³/mol. The molecule has 0 bridgehead atoms. The second-order valence-corrected chi connectivity index (χ2v) is 14.9. The Balaban J connectivity index is 1.31. The van der Waals surface area contributed by atoms with Crippen molar-refractivity contribution >= 4 is 27.7 Å². The molecule has 0 radical (unpaired) electrons. The van der Waals surface area contributed by atoms with Crippen molar-refractivity contribution in [1.82, 2.24) is 24.0 Å². The van der Waals surface area contributed by atoms with Crippen LogP contribution in [0.25, 0.3) is 17.1 Å². The van der Waals surface area contributed by atoms with Crippen LogP contribution in [0.3, 0.4) is 0 Å². The highest BCUT2D eigenvalue weighted by atomic mass is 32.2. The monoisotopic (exact) mass is 617 g/mol. The number of nitrogens with zero attached hydrogens (tertiary/aromatic N) is 5. The zero-order valence-electron chi connectivity index (χ0n) is 25.7. The van der Waals surface area contributed by atoms with Crippen LogP contribution in [0.1, 0.15) is 43.0 Å². The Morgan fingerprint density at radius 1 is 0.860 bits per heavy atom. The molecule has 4 aromatic rings. The molecule has 0 atom stereocenters. The summed E-state index contributed by atoms with van der Waals surface area (Å²) in [5.41, 5.74) is 6.01. The lowest BCUT2D eigenvalue weighted by molar-refractivity contribution is -0.129. The van der Waals surface area contributed by atoms with Gasteiger partial charge in [0.2, 0.25) is 15.9 Å². The minimum Gasteiger partial charge on any atom is -0.339 e. The Labute approximate surface area is 259 Å². The van der Waals surface area contributed by atoms with Gasteiger partial charge in [0, 0.05) is 31.7 Å². The number of hydrogen-bond donors (Lipinski definition) is 0. The molecule has 1 aliphatic heterocycles. The Morgan fingerprint density at radius 2 is 1.53 bits per heavy atom. The van der Waals surface area contributed by atoms with E-state index in [2.05, 4.69) is 55.2 Å². The molecule has 0 saturated carbocycles. The van der Waals surface area contributed by atoms with E-state index in [0.717, 1.165) is 33.8 Å². The summed E-state index contributed by atoms with van der Waals surface area (Å²) < 4.78 is 30.1. The van der Waals surface area contributed by atoms with Gasteiger partial charge in [0.15, 0.2) is 11.0 Å². The minimum absolute atomic E-state index is 0.0406. The Hall–Kier alpha value is -3.47. The molecular weight excluding hydrogens is 579 g/mol. The van der Waals surface area contributed by atoms with Gasteiger partial charge in [0.05, 0.1) is 16.3 Å². The number of aryl methyl sites for hydroxylation is 3. The van der Waals surface area contributed by atoms with E-state index in [1.54, 1.807) is 11.0 Å². The maximum atomic E-state index is 13.3. The first-order chi connectivity index (χ1) is 20.4. The van der Waals surface area contributed by atoms with Crippen LogP contribution in [0.4, 0.5) is 0 Å². The molecule has 226 valence electrons. The lowest BCUT2D eigenvalue weighted by Crippen LogP contribution is -2.51. The van der Waals surface area contributed by atoms with Gasteiger partial charge in [-0.25, -0.2) is 8.42 Å². The fourth-order valence-electron chi connectivity index (χ4n) is 5.32. The van der Waals surface area contributed by atoms with Crippen molar-refractivity contribution in [2.45, 2.75) is 57.0 Å². The molecule has 3 aromatic carbocycles. The van der Waals surface area contributed by atoms with Crippen LogP contribution in [0.15, 0.2) is 76.8 Å². The van der Waals surface area contributed by atoms with Gasteiger partial charge >= 0.3 is 0 Å². The number of amides is 1. The van der Waals surface area contributed by atoms with Gasteiger partial charge in [0.25, 0.3) is 0 Å². The van der Waals surface area contributed by atoms with Crippen LogP contribution in [0.2, 0.25) is 0 Å². The first kappa shape index (κ1) is 31.0. The molecule has 43 heavy (non-hydrogen) atoms. The van der Waals surface area contributed by atoms with E-state index in [-0.39, 0.29) is 30.2 Å². The number of aromatic nitrogens is 3. The van der Waals surface area contributed by atoms with Crippen LogP contribution >= 0.6 is 11.8 Å². The fraction of sp³-hybridized carbons (Fsp3) is 0.364. The summed E-state index contributed by atoms with van der Waals surface area (Å²) in [6.07, 6.45) is 0. The molecule has 0 unspecified atom stereocenters. The minimum atomic E-state index is -3.62. The summed E-state index contributed by atoms with van der Waals surface area (Å²) in [6.45, 7) is 13.6. The zero-order valence-corrected chi connectivity index (χ0v) is 27.3. The molecule has 2 heterocycles. The highest BCUT2D eigenvalue weighted by molar-refractivity contribution is 7.99. The van der Waals surface area contributed by atoms with Crippen molar-refractivity contribution in [3.63, 3.8) is 0 Å². The first-order valence-electron chi connectivity index (χ1n) is 14.5. The standard InChI is InChI=1S/C33H39N5O3S2/c1-23-11-16-29(25(3)21-23)43(40,41)37-19-17-36(18-20-37)30(39)22-42-32-35-34-31(38(32)28-10-8-7-9-24(28)2)26-12-14-27(15-13-26)33(4,5)6/h7-16,21H,17-20,22H2,1-6H3. The van der Waals surface area contributed by atoms with Crippen LogP contribution in [-0.2, 0) is 20.2 Å². The predicted octanol–water partition coefficient (Wildman–Crippen LogP) is 5.78. The van der Waals surface area contributed by atoms with E-state index in [9.17, 15) is 13.2 Å². The van der Waals surface area contributed by atoms with Crippen molar-refractivity contribution in [2.75, 3.05) is 31.9 Å².